The van der Waals surface area contributed by atoms with Crippen molar-refractivity contribution in [2.24, 2.45) is 5.14 Å². The summed E-state index contributed by atoms with van der Waals surface area (Å²) in [7, 11) is -4.20. The van der Waals surface area contributed by atoms with Crippen LogP contribution in [-0.4, -0.2) is 39.5 Å². The van der Waals surface area contributed by atoms with Gasteiger partial charge < -0.3 is 15.4 Å². The van der Waals surface area contributed by atoms with Gasteiger partial charge in [0.15, 0.2) is 0 Å². The molecule has 4 N–H and O–H groups in total. The number of hydrogen-bond acceptors (Lipinski definition) is 5. The highest BCUT2D eigenvalue weighted by atomic mass is 35.5. The SMILES string of the molecule is NS(=O)(=O)c1cc(NC(=O)Cc2ccccc2Cl)ccc1C(=O)NCC1CCCO1. The molecule has 0 saturated carbocycles. The summed E-state index contributed by atoms with van der Waals surface area (Å²) >= 11 is 6.06. The summed E-state index contributed by atoms with van der Waals surface area (Å²) in [6.07, 6.45) is 1.67. The van der Waals surface area contributed by atoms with Gasteiger partial charge in [0.25, 0.3) is 5.91 Å². The minimum absolute atomic E-state index is 0.00794. The predicted molar refractivity (Wildman–Crippen MR) is 113 cm³/mol. The molecule has 160 valence electrons. The van der Waals surface area contributed by atoms with Crippen molar-refractivity contribution in [3.05, 3.63) is 58.6 Å². The Labute approximate surface area is 179 Å². The predicted octanol–water partition coefficient (Wildman–Crippen LogP) is 2.08. The third kappa shape index (κ3) is 5.79. The summed E-state index contributed by atoms with van der Waals surface area (Å²) in [4.78, 5) is 24.4. The summed E-state index contributed by atoms with van der Waals surface area (Å²) in [5.74, 6) is -0.970. The maximum Gasteiger partial charge on any atom is 0.252 e. The number of amides is 2. The molecule has 1 unspecified atom stereocenters. The Kier molecular flexibility index (Phi) is 7.09. The van der Waals surface area contributed by atoms with E-state index in [4.69, 9.17) is 21.5 Å². The molecule has 0 aromatic heterocycles. The first kappa shape index (κ1) is 22.2. The van der Waals surface area contributed by atoms with E-state index in [-0.39, 0.29) is 41.1 Å². The second-order valence-corrected chi connectivity index (χ2v) is 8.85. The Balaban J connectivity index is 1.74. The Morgan fingerprint density at radius 1 is 1.20 bits per heavy atom. The van der Waals surface area contributed by atoms with Gasteiger partial charge in [0.1, 0.15) is 0 Å². The lowest BCUT2D eigenvalue weighted by atomic mass is 10.1. The van der Waals surface area contributed by atoms with Crippen LogP contribution >= 0.6 is 11.6 Å². The Morgan fingerprint density at radius 2 is 1.97 bits per heavy atom. The van der Waals surface area contributed by atoms with Crippen LogP contribution < -0.4 is 15.8 Å². The number of halogens is 1. The first-order chi connectivity index (χ1) is 14.2. The summed E-state index contributed by atoms with van der Waals surface area (Å²) in [6.45, 7) is 0.921. The van der Waals surface area contributed by atoms with Crippen LogP contribution in [0.25, 0.3) is 0 Å². The van der Waals surface area contributed by atoms with Gasteiger partial charge in [-0.3, -0.25) is 9.59 Å². The van der Waals surface area contributed by atoms with Crippen LogP contribution in [0.5, 0.6) is 0 Å². The summed E-state index contributed by atoms with van der Waals surface area (Å²) in [5.41, 5.74) is 0.736. The molecule has 2 aromatic carbocycles. The first-order valence-corrected chi connectivity index (χ1v) is 11.3. The van der Waals surface area contributed by atoms with Crippen molar-refractivity contribution in [2.75, 3.05) is 18.5 Å². The van der Waals surface area contributed by atoms with Crippen molar-refractivity contribution >= 4 is 39.1 Å². The molecule has 2 amide bonds. The molecule has 1 atom stereocenters. The van der Waals surface area contributed by atoms with Gasteiger partial charge in [0, 0.05) is 23.9 Å². The standard InChI is InChI=1S/C20H22ClN3O5S/c21-17-6-2-1-4-13(17)10-19(25)24-14-7-8-16(18(11-14)30(22,27)28)20(26)23-12-15-5-3-9-29-15/h1-2,4,6-8,11,15H,3,5,9-10,12H2,(H,23,26)(H,24,25)(H2,22,27,28). The van der Waals surface area contributed by atoms with E-state index in [9.17, 15) is 18.0 Å². The lowest BCUT2D eigenvalue weighted by Gasteiger charge is -2.14. The fraction of sp³-hybridized carbons (Fsp3) is 0.300. The highest BCUT2D eigenvalue weighted by Crippen LogP contribution is 2.21. The number of nitrogens with one attached hydrogen (secondary N) is 2. The van der Waals surface area contributed by atoms with Crippen LogP contribution in [0.3, 0.4) is 0 Å². The topological polar surface area (TPSA) is 128 Å². The van der Waals surface area contributed by atoms with Gasteiger partial charge >= 0.3 is 0 Å². The van der Waals surface area contributed by atoms with Gasteiger partial charge in [-0.1, -0.05) is 29.8 Å². The quantitative estimate of drug-likeness (QED) is 0.593. The molecule has 1 fully saturated rings. The highest BCUT2D eigenvalue weighted by molar-refractivity contribution is 7.89. The van der Waals surface area contributed by atoms with E-state index < -0.39 is 15.9 Å². The van der Waals surface area contributed by atoms with Crippen molar-refractivity contribution in [3.63, 3.8) is 0 Å². The van der Waals surface area contributed by atoms with E-state index in [0.717, 1.165) is 12.8 Å². The smallest absolute Gasteiger partial charge is 0.252 e. The van der Waals surface area contributed by atoms with Crippen LogP contribution in [0.1, 0.15) is 28.8 Å². The van der Waals surface area contributed by atoms with E-state index in [1.807, 2.05) is 0 Å². The van der Waals surface area contributed by atoms with E-state index in [1.165, 1.54) is 18.2 Å². The molecular weight excluding hydrogens is 430 g/mol. The number of sulfonamides is 1. The second-order valence-electron chi connectivity index (χ2n) is 6.92. The maximum atomic E-state index is 12.5. The van der Waals surface area contributed by atoms with Crippen molar-refractivity contribution in [1.82, 2.24) is 5.32 Å². The lowest BCUT2D eigenvalue weighted by Crippen LogP contribution is -2.33. The number of carbonyl (C=O) groups is 2. The number of nitrogens with two attached hydrogens (primary N) is 1. The number of benzene rings is 2. The Morgan fingerprint density at radius 3 is 2.63 bits per heavy atom. The van der Waals surface area contributed by atoms with Gasteiger partial charge in [-0.2, -0.15) is 0 Å². The van der Waals surface area contributed by atoms with Crippen LogP contribution in [0, 0.1) is 0 Å². The Bertz CT molecular complexity index is 1050. The molecule has 1 saturated heterocycles. The van der Waals surface area contributed by atoms with Gasteiger partial charge in [0.05, 0.1) is 23.0 Å². The van der Waals surface area contributed by atoms with Crippen LogP contribution in [0.2, 0.25) is 5.02 Å². The molecule has 8 nitrogen and oxygen atoms in total. The number of carbonyl (C=O) groups excluding carboxylic acids is 2. The fourth-order valence-electron chi connectivity index (χ4n) is 3.15. The van der Waals surface area contributed by atoms with E-state index in [1.54, 1.807) is 24.3 Å². The zero-order valence-corrected chi connectivity index (χ0v) is 17.6. The Hall–Kier alpha value is -2.46. The number of ether oxygens (including phenoxy) is 1. The van der Waals surface area contributed by atoms with Crippen molar-refractivity contribution in [3.8, 4) is 0 Å². The molecule has 0 radical (unpaired) electrons. The third-order valence-electron chi connectivity index (χ3n) is 4.64. The largest absolute Gasteiger partial charge is 0.376 e. The van der Waals surface area contributed by atoms with Crippen molar-refractivity contribution in [2.45, 2.75) is 30.3 Å². The van der Waals surface area contributed by atoms with Crippen molar-refractivity contribution in [1.29, 1.82) is 0 Å². The minimum atomic E-state index is -4.20. The van der Waals surface area contributed by atoms with Gasteiger partial charge in [-0.25, -0.2) is 13.6 Å². The van der Waals surface area contributed by atoms with Crippen LogP contribution in [0.4, 0.5) is 5.69 Å². The van der Waals surface area contributed by atoms with Gasteiger partial charge in [-0.15, -0.1) is 0 Å². The average molecular weight is 452 g/mol. The lowest BCUT2D eigenvalue weighted by molar-refractivity contribution is -0.115. The molecule has 0 spiro atoms. The molecule has 1 heterocycles. The number of primary sulfonamides is 1. The minimum Gasteiger partial charge on any atom is -0.376 e. The van der Waals surface area contributed by atoms with Crippen LogP contribution in [-0.2, 0) is 26.0 Å². The molecule has 1 aliphatic rings. The van der Waals surface area contributed by atoms with Gasteiger partial charge in [0.2, 0.25) is 15.9 Å². The van der Waals surface area contributed by atoms with Crippen molar-refractivity contribution < 1.29 is 22.7 Å². The monoisotopic (exact) mass is 451 g/mol. The number of rotatable bonds is 7. The van der Waals surface area contributed by atoms with Crippen LogP contribution in [0.15, 0.2) is 47.4 Å². The molecule has 2 aromatic rings. The normalized spacial score (nSPS) is 16.3. The van der Waals surface area contributed by atoms with E-state index in [2.05, 4.69) is 10.6 Å². The third-order valence-corrected chi connectivity index (χ3v) is 5.96. The van der Waals surface area contributed by atoms with E-state index in [0.29, 0.717) is 17.2 Å². The molecule has 3 rings (SSSR count). The number of anilines is 1. The molecule has 0 bridgehead atoms. The first-order valence-electron chi connectivity index (χ1n) is 9.34. The summed E-state index contributed by atoms with van der Waals surface area (Å²) < 4.78 is 29.5. The zero-order chi connectivity index (χ0) is 21.7. The second kappa shape index (κ2) is 9.57. The molecule has 30 heavy (non-hydrogen) atoms. The van der Waals surface area contributed by atoms with Gasteiger partial charge in [-0.05, 0) is 42.7 Å². The fourth-order valence-corrected chi connectivity index (χ4v) is 4.11. The summed E-state index contributed by atoms with van der Waals surface area (Å²) in [6, 6.07) is 10.8. The molecule has 1 aliphatic heterocycles. The highest BCUT2D eigenvalue weighted by Gasteiger charge is 2.22. The molecular formula is C20H22ClN3O5S. The summed E-state index contributed by atoms with van der Waals surface area (Å²) in [5, 5.41) is 11.0. The van der Waals surface area contributed by atoms with E-state index >= 15 is 0 Å². The number of hydrogen-bond donors (Lipinski definition) is 3. The zero-order valence-electron chi connectivity index (χ0n) is 16.1. The molecule has 10 heteroatoms. The average Bonchev–Trinajstić information content (AvgIpc) is 3.21. The maximum absolute atomic E-state index is 12.5. The molecule has 0 aliphatic carbocycles.